The van der Waals surface area contributed by atoms with Crippen molar-refractivity contribution in [1.29, 1.82) is 0 Å². The number of likely N-dealkylation sites (tertiary alicyclic amines) is 1. The molecule has 2 unspecified atom stereocenters. The van der Waals surface area contributed by atoms with E-state index in [1.165, 1.54) is 4.90 Å². The molecule has 1 aromatic carbocycles. The molecule has 2 saturated heterocycles. The summed E-state index contributed by atoms with van der Waals surface area (Å²) in [5, 5.41) is 1.31. The van der Waals surface area contributed by atoms with Crippen LogP contribution in [-0.2, 0) is 33.8 Å². The Kier molecular flexibility index (Phi) is 9.61. The van der Waals surface area contributed by atoms with Crippen LogP contribution in [0.5, 0.6) is 0 Å². The number of ether oxygens (including phenoxy) is 1. The number of rotatable bonds is 10. The number of nitrogens with zero attached hydrogens (tertiary/aromatic N) is 2. The molecule has 3 rings (SSSR count). The Morgan fingerprint density at radius 3 is 2.14 bits per heavy atom. The van der Waals surface area contributed by atoms with E-state index in [1.807, 2.05) is 0 Å². The number of carbonyl (C=O) groups is 4. The van der Waals surface area contributed by atoms with Crippen molar-refractivity contribution in [2.24, 2.45) is 5.92 Å². The van der Waals surface area contributed by atoms with E-state index in [1.54, 1.807) is 42.2 Å². The normalized spacial score (nSPS) is 18.8. The van der Waals surface area contributed by atoms with Crippen LogP contribution in [0.3, 0.4) is 0 Å². The first-order chi connectivity index (χ1) is 17.1. The van der Waals surface area contributed by atoms with E-state index >= 15 is 0 Å². The minimum atomic E-state index is -3.85. The Bertz CT molecular complexity index is 1050. The molecule has 10 nitrogen and oxygen atoms in total. The van der Waals surface area contributed by atoms with Crippen molar-refractivity contribution in [2.45, 2.75) is 43.9 Å². The molecular weight excluding hydrogens is 486 g/mol. The number of hydrogen-bond acceptors (Lipinski definition) is 7. The van der Waals surface area contributed by atoms with E-state index in [9.17, 15) is 27.6 Å². The lowest BCUT2D eigenvalue weighted by molar-refractivity contribution is -0.146. The third-order valence-electron chi connectivity index (χ3n) is 6.70. The van der Waals surface area contributed by atoms with Crippen LogP contribution in [0.2, 0.25) is 0 Å². The highest BCUT2D eigenvalue weighted by molar-refractivity contribution is 7.91. The Balaban J connectivity index is 1.89. The van der Waals surface area contributed by atoms with Crippen LogP contribution in [-0.4, -0.2) is 93.4 Å². The SMILES string of the molecule is CCC(NC(=O)C(CC(=O)N1CCOCC1)[C@@H](c1ccccc1)S(C)(=O)=O)C(=O)C(=O)N1CCCC1. The van der Waals surface area contributed by atoms with Gasteiger partial charge in [-0.3, -0.25) is 19.2 Å². The maximum Gasteiger partial charge on any atom is 0.292 e. The lowest BCUT2D eigenvalue weighted by Gasteiger charge is -2.31. The van der Waals surface area contributed by atoms with Crippen LogP contribution >= 0.6 is 0 Å². The van der Waals surface area contributed by atoms with Gasteiger partial charge in [-0.1, -0.05) is 37.3 Å². The Morgan fingerprint density at radius 1 is 0.972 bits per heavy atom. The molecule has 36 heavy (non-hydrogen) atoms. The molecule has 0 spiro atoms. The van der Waals surface area contributed by atoms with Gasteiger partial charge in [0.05, 0.1) is 30.4 Å². The van der Waals surface area contributed by atoms with E-state index in [2.05, 4.69) is 5.32 Å². The topological polar surface area (TPSA) is 130 Å². The van der Waals surface area contributed by atoms with Crippen molar-refractivity contribution in [3.05, 3.63) is 35.9 Å². The zero-order valence-corrected chi connectivity index (χ0v) is 21.7. The molecule has 2 heterocycles. The molecule has 0 aromatic heterocycles. The van der Waals surface area contributed by atoms with E-state index in [-0.39, 0.29) is 18.7 Å². The first-order valence-electron chi connectivity index (χ1n) is 12.4. The molecule has 1 aromatic rings. The molecule has 198 valence electrons. The number of carbonyl (C=O) groups excluding carboxylic acids is 4. The molecule has 11 heteroatoms. The van der Waals surface area contributed by atoms with Crippen molar-refractivity contribution in [1.82, 2.24) is 15.1 Å². The van der Waals surface area contributed by atoms with E-state index in [0.717, 1.165) is 19.1 Å². The molecule has 0 bridgehead atoms. The fourth-order valence-corrected chi connectivity index (χ4v) is 6.21. The van der Waals surface area contributed by atoms with Gasteiger partial charge in [0.1, 0.15) is 0 Å². The zero-order chi connectivity index (χ0) is 26.3. The lowest BCUT2D eigenvalue weighted by Crippen LogP contribution is -2.51. The maximum absolute atomic E-state index is 13.6. The smallest absolute Gasteiger partial charge is 0.292 e. The van der Waals surface area contributed by atoms with Gasteiger partial charge in [0.15, 0.2) is 9.84 Å². The van der Waals surface area contributed by atoms with Gasteiger partial charge in [-0.05, 0) is 24.8 Å². The van der Waals surface area contributed by atoms with Crippen molar-refractivity contribution in [3.8, 4) is 0 Å². The van der Waals surface area contributed by atoms with Crippen LogP contribution in [0.1, 0.15) is 43.4 Å². The van der Waals surface area contributed by atoms with Crippen molar-refractivity contribution >= 4 is 33.3 Å². The Morgan fingerprint density at radius 2 is 1.58 bits per heavy atom. The first-order valence-corrected chi connectivity index (χ1v) is 14.3. The molecule has 3 amide bonds. The number of morpholine rings is 1. The Labute approximate surface area is 212 Å². The highest BCUT2D eigenvalue weighted by Gasteiger charge is 2.41. The predicted molar refractivity (Wildman–Crippen MR) is 133 cm³/mol. The standard InChI is InChI=1S/C25H35N3O7S/c1-3-20(22(30)25(32)28-11-7-8-12-28)26-24(31)19(17-21(29)27-13-15-35-16-14-27)23(36(2,33)34)18-9-5-4-6-10-18/h4-6,9-10,19-20,23H,3,7-8,11-17H2,1-2H3,(H,26,31)/t19?,20?,23-/m1/s1. The predicted octanol–water partition coefficient (Wildman–Crippen LogP) is 0.724. The second kappa shape index (κ2) is 12.4. The molecule has 0 aliphatic carbocycles. The molecule has 1 N–H and O–H groups in total. The van der Waals surface area contributed by atoms with Crippen LogP contribution in [0.15, 0.2) is 30.3 Å². The number of ketones is 1. The molecule has 0 saturated carbocycles. The highest BCUT2D eigenvalue weighted by atomic mass is 32.2. The fourth-order valence-electron chi connectivity index (χ4n) is 4.74. The summed E-state index contributed by atoms with van der Waals surface area (Å²) in [5.41, 5.74) is 0.377. The minimum absolute atomic E-state index is 0.156. The zero-order valence-electron chi connectivity index (χ0n) is 20.9. The number of amides is 3. The van der Waals surface area contributed by atoms with Crippen molar-refractivity contribution < 1.29 is 32.3 Å². The summed E-state index contributed by atoms with van der Waals surface area (Å²) >= 11 is 0. The van der Waals surface area contributed by atoms with Crippen LogP contribution in [0.25, 0.3) is 0 Å². The fraction of sp³-hybridized carbons (Fsp3) is 0.600. The van der Waals surface area contributed by atoms with Crippen LogP contribution in [0, 0.1) is 5.92 Å². The summed E-state index contributed by atoms with van der Waals surface area (Å²) in [7, 11) is -3.85. The molecule has 2 aliphatic heterocycles. The van der Waals surface area contributed by atoms with Gasteiger partial charge in [-0.15, -0.1) is 0 Å². The van der Waals surface area contributed by atoms with E-state index in [4.69, 9.17) is 4.74 Å². The highest BCUT2D eigenvalue weighted by Crippen LogP contribution is 2.33. The van der Waals surface area contributed by atoms with E-state index in [0.29, 0.717) is 45.0 Å². The van der Waals surface area contributed by atoms with Gasteiger partial charge in [-0.2, -0.15) is 0 Å². The Hall–Kier alpha value is -2.79. The summed E-state index contributed by atoms with van der Waals surface area (Å²) in [5.74, 6) is -3.78. The van der Waals surface area contributed by atoms with Crippen LogP contribution in [0.4, 0.5) is 0 Å². The first kappa shape index (κ1) is 27.8. The number of benzene rings is 1. The van der Waals surface area contributed by atoms with Gasteiger partial charge in [0, 0.05) is 38.9 Å². The quantitative estimate of drug-likeness (QED) is 0.449. The van der Waals surface area contributed by atoms with Gasteiger partial charge in [0.25, 0.3) is 5.91 Å². The summed E-state index contributed by atoms with van der Waals surface area (Å²) < 4.78 is 31.2. The third kappa shape index (κ3) is 6.91. The molecule has 3 atom stereocenters. The summed E-state index contributed by atoms with van der Waals surface area (Å²) in [6, 6.07) is 7.16. The number of Topliss-reactive ketones (excluding diaryl/α,β-unsaturated/α-hetero) is 1. The summed E-state index contributed by atoms with van der Waals surface area (Å²) in [6.07, 6.45) is 2.47. The number of sulfone groups is 1. The summed E-state index contributed by atoms with van der Waals surface area (Å²) in [6.45, 7) is 4.08. The number of nitrogens with one attached hydrogen (secondary N) is 1. The van der Waals surface area contributed by atoms with Gasteiger partial charge in [0.2, 0.25) is 17.6 Å². The average Bonchev–Trinajstić information content (AvgIpc) is 3.41. The second-order valence-corrected chi connectivity index (χ2v) is 11.5. The average molecular weight is 522 g/mol. The number of hydrogen-bond donors (Lipinski definition) is 1. The largest absolute Gasteiger partial charge is 0.378 e. The lowest BCUT2D eigenvalue weighted by atomic mass is 9.93. The van der Waals surface area contributed by atoms with Crippen LogP contribution < -0.4 is 5.32 Å². The van der Waals surface area contributed by atoms with Gasteiger partial charge in [-0.25, -0.2) is 8.42 Å². The van der Waals surface area contributed by atoms with Crippen molar-refractivity contribution in [2.75, 3.05) is 45.6 Å². The molecular formula is C25H35N3O7S. The third-order valence-corrected chi connectivity index (χ3v) is 8.22. The minimum Gasteiger partial charge on any atom is -0.378 e. The molecule has 2 aliphatic rings. The molecule has 2 fully saturated rings. The maximum atomic E-state index is 13.6. The van der Waals surface area contributed by atoms with Gasteiger partial charge < -0.3 is 19.9 Å². The van der Waals surface area contributed by atoms with E-state index < -0.39 is 44.6 Å². The van der Waals surface area contributed by atoms with Crippen molar-refractivity contribution in [3.63, 3.8) is 0 Å². The summed E-state index contributed by atoms with van der Waals surface area (Å²) in [4.78, 5) is 55.3. The van der Waals surface area contributed by atoms with Gasteiger partial charge >= 0.3 is 0 Å². The molecule has 0 radical (unpaired) electrons. The second-order valence-electron chi connectivity index (χ2n) is 9.30. The monoisotopic (exact) mass is 521 g/mol.